The summed E-state index contributed by atoms with van der Waals surface area (Å²) in [6, 6.07) is 11.3. The van der Waals surface area contributed by atoms with Crippen molar-refractivity contribution < 1.29 is 19.8 Å². The predicted octanol–water partition coefficient (Wildman–Crippen LogP) is 3.06. The molecule has 3 heterocycles. The largest absolute Gasteiger partial charge is 0.494 e. The molecule has 1 aliphatic rings. The van der Waals surface area contributed by atoms with Crippen LogP contribution in [0.2, 0.25) is 0 Å². The van der Waals surface area contributed by atoms with E-state index in [4.69, 9.17) is 5.73 Å². The standard InChI is InChI=1S/C24H21N7O4/c25-10-13(19-12-26-17-3-1-2-4-18(17)28-19)11-27-30-14-5-6-15-16(9-14)24(35)31(23(15)34)20-7-8-21(32)29-22(20)33/h1-6,9,11-12,20,34-35H,7-8,10,25H2,(H,29,32,33)/b13-11+,30-27?. The van der Waals surface area contributed by atoms with Crippen molar-refractivity contribution in [2.75, 3.05) is 6.54 Å². The number of rotatable bonds is 5. The second kappa shape index (κ2) is 8.95. The van der Waals surface area contributed by atoms with Crippen LogP contribution in [0.5, 0.6) is 11.8 Å². The number of benzene rings is 2. The van der Waals surface area contributed by atoms with Crippen molar-refractivity contribution in [2.24, 2.45) is 16.0 Å². The van der Waals surface area contributed by atoms with E-state index >= 15 is 0 Å². The van der Waals surface area contributed by atoms with Gasteiger partial charge in [-0.3, -0.25) is 24.5 Å². The van der Waals surface area contributed by atoms with Gasteiger partial charge in [-0.15, -0.1) is 0 Å². The molecule has 2 aromatic carbocycles. The van der Waals surface area contributed by atoms with E-state index < -0.39 is 11.9 Å². The van der Waals surface area contributed by atoms with E-state index in [1.165, 1.54) is 6.20 Å². The average Bonchev–Trinajstić information content (AvgIpc) is 3.11. The molecule has 5 rings (SSSR count). The van der Waals surface area contributed by atoms with Crippen LogP contribution in [-0.2, 0) is 9.59 Å². The van der Waals surface area contributed by atoms with E-state index in [0.29, 0.717) is 27.7 Å². The number of carbonyl (C=O) groups is 2. The molecular formula is C24H21N7O4. The number of piperidine rings is 1. The number of nitrogens with one attached hydrogen (secondary N) is 1. The molecule has 1 unspecified atom stereocenters. The summed E-state index contributed by atoms with van der Waals surface area (Å²) in [5.41, 5.74) is 9.02. The number of amides is 2. The highest BCUT2D eigenvalue weighted by atomic mass is 16.3. The summed E-state index contributed by atoms with van der Waals surface area (Å²) < 4.78 is 1.12. The molecule has 0 saturated carbocycles. The quantitative estimate of drug-likeness (QED) is 0.256. The highest BCUT2D eigenvalue weighted by molar-refractivity contribution is 6.01. The zero-order chi connectivity index (χ0) is 24.5. The molecule has 1 atom stereocenters. The second-order valence-corrected chi connectivity index (χ2v) is 8.03. The average molecular weight is 471 g/mol. The van der Waals surface area contributed by atoms with Gasteiger partial charge >= 0.3 is 0 Å². The van der Waals surface area contributed by atoms with Crippen molar-refractivity contribution in [1.82, 2.24) is 19.9 Å². The molecule has 5 N–H and O–H groups in total. The van der Waals surface area contributed by atoms with Gasteiger partial charge < -0.3 is 15.9 Å². The molecule has 0 aliphatic carbocycles. The van der Waals surface area contributed by atoms with E-state index in [1.54, 1.807) is 24.4 Å². The molecule has 0 radical (unpaired) electrons. The highest BCUT2D eigenvalue weighted by Gasteiger charge is 2.32. The molecule has 1 saturated heterocycles. The van der Waals surface area contributed by atoms with Gasteiger partial charge in [-0.1, -0.05) is 12.1 Å². The Morgan fingerprint density at radius 3 is 2.69 bits per heavy atom. The minimum atomic E-state index is -0.900. The van der Waals surface area contributed by atoms with Crippen LogP contribution in [0.3, 0.4) is 0 Å². The fourth-order valence-electron chi connectivity index (χ4n) is 4.06. The third-order valence-electron chi connectivity index (χ3n) is 5.85. The maximum Gasteiger partial charge on any atom is 0.249 e. The summed E-state index contributed by atoms with van der Waals surface area (Å²) in [4.78, 5) is 32.6. The fraction of sp³-hybridized carbons (Fsp3) is 0.167. The Morgan fingerprint density at radius 2 is 1.91 bits per heavy atom. The number of azo groups is 1. The van der Waals surface area contributed by atoms with E-state index in [0.717, 1.165) is 15.6 Å². The van der Waals surface area contributed by atoms with Crippen LogP contribution in [0.25, 0.3) is 27.4 Å². The molecule has 2 aromatic heterocycles. The molecule has 35 heavy (non-hydrogen) atoms. The first-order valence-corrected chi connectivity index (χ1v) is 10.9. The molecular weight excluding hydrogens is 450 g/mol. The van der Waals surface area contributed by atoms with Crippen LogP contribution >= 0.6 is 0 Å². The Hall–Kier alpha value is -4.64. The van der Waals surface area contributed by atoms with E-state index in [9.17, 15) is 19.8 Å². The summed E-state index contributed by atoms with van der Waals surface area (Å²) >= 11 is 0. The molecule has 176 valence electrons. The highest BCUT2D eigenvalue weighted by Crippen LogP contribution is 2.42. The van der Waals surface area contributed by atoms with Crippen LogP contribution < -0.4 is 11.1 Å². The van der Waals surface area contributed by atoms with Crippen LogP contribution in [-0.4, -0.2) is 43.1 Å². The van der Waals surface area contributed by atoms with Crippen molar-refractivity contribution in [1.29, 1.82) is 0 Å². The fourth-order valence-corrected chi connectivity index (χ4v) is 4.06. The Morgan fingerprint density at radius 1 is 1.14 bits per heavy atom. The van der Waals surface area contributed by atoms with Gasteiger partial charge in [0.2, 0.25) is 23.6 Å². The molecule has 11 heteroatoms. The number of para-hydroxylation sites is 2. The van der Waals surface area contributed by atoms with Crippen LogP contribution in [0.15, 0.2) is 65.1 Å². The summed E-state index contributed by atoms with van der Waals surface area (Å²) in [5, 5.41) is 32.5. The van der Waals surface area contributed by atoms with Gasteiger partial charge in [-0.25, -0.2) is 4.98 Å². The van der Waals surface area contributed by atoms with Crippen molar-refractivity contribution >= 4 is 44.9 Å². The molecule has 4 aromatic rings. The Bertz CT molecular complexity index is 1540. The number of hydrogen-bond donors (Lipinski definition) is 4. The maximum absolute atomic E-state index is 12.2. The molecule has 1 fully saturated rings. The topological polar surface area (TPSA) is 168 Å². The Balaban J connectivity index is 1.44. The van der Waals surface area contributed by atoms with E-state index in [-0.39, 0.29) is 37.1 Å². The number of imide groups is 1. The number of nitrogens with zero attached hydrogens (tertiary/aromatic N) is 5. The number of carbonyl (C=O) groups excluding carboxylic acids is 2. The molecule has 11 nitrogen and oxygen atoms in total. The Labute approximate surface area is 198 Å². The minimum Gasteiger partial charge on any atom is -0.494 e. The van der Waals surface area contributed by atoms with Gasteiger partial charge in [0.05, 0.1) is 34.8 Å². The Kier molecular flexibility index (Phi) is 5.67. The first-order valence-electron chi connectivity index (χ1n) is 10.9. The van der Waals surface area contributed by atoms with E-state index in [1.807, 2.05) is 24.3 Å². The SMILES string of the molecule is NC/C(=C\N=Nc1ccc2c(O)n(C3CCC(=O)NC3=O)c(O)c2c1)c1cnc2ccccc2n1. The minimum absolute atomic E-state index is 0.112. The smallest absolute Gasteiger partial charge is 0.249 e. The van der Waals surface area contributed by atoms with Gasteiger partial charge in [-0.2, -0.15) is 10.2 Å². The van der Waals surface area contributed by atoms with Gasteiger partial charge in [0.15, 0.2) is 0 Å². The summed E-state index contributed by atoms with van der Waals surface area (Å²) in [5.74, 6) is -1.53. The number of hydrogen-bond acceptors (Lipinski definition) is 9. The van der Waals surface area contributed by atoms with Gasteiger partial charge in [-0.05, 0) is 36.8 Å². The second-order valence-electron chi connectivity index (χ2n) is 8.03. The zero-order valence-electron chi connectivity index (χ0n) is 18.4. The monoisotopic (exact) mass is 471 g/mol. The lowest BCUT2D eigenvalue weighted by atomic mass is 10.1. The van der Waals surface area contributed by atoms with Crippen molar-refractivity contribution in [3.8, 4) is 11.8 Å². The summed E-state index contributed by atoms with van der Waals surface area (Å²) in [7, 11) is 0. The van der Waals surface area contributed by atoms with Crippen molar-refractivity contribution in [3.63, 3.8) is 0 Å². The van der Waals surface area contributed by atoms with Crippen molar-refractivity contribution in [2.45, 2.75) is 18.9 Å². The number of aromatic nitrogens is 3. The molecule has 1 aliphatic heterocycles. The molecule has 0 spiro atoms. The lowest BCUT2D eigenvalue weighted by Gasteiger charge is -2.23. The lowest BCUT2D eigenvalue weighted by Crippen LogP contribution is -2.41. The van der Waals surface area contributed by atoms with Gasteiger partial charge in [0.25, 0.3) is 0 Å². The van der Waals surface area contributed by atoms with Crippen LogP contribution in [0.4, 0.5) is 5.69 Å². The predicted molar refractivity (Wildman–Crippen MR) is 128 cm³/mol. The van der Waals surface area contributed by atoms with E-state index in [2.05, 4.69) is 25.5 Å². The molecule has 0 bridgehead atoms. The maximum atomic E-state index is 12.2. The lowest BCUT2D eigenvalue weighted by molar-refractivity contribution is -0.135. The number of nitrogens with two attached hydrogens (primary N) is 1. The van der Waals surface area contributed by atoms with Crippen LogP contribution in [0, 0.1) is 0 Å². The summed E-state index contributed by atoms with van der Waals surface area (Å²) in [6.07, 6.45) is 3.40. The zero-order valence-corrected chi connectivity index (χ0v) is 18.4. The van der Waals surface area contributed by atoms with Crippen LogP contribution in [0.1, 0.15) is 24.6 Å². The normalized spacial score (nSPS) is 16.9. The van der Waals surface area contributed by atoms with Crippen molar-refractivity contribution in [3.05, 3.63) is 60.6 Å². The third-order valence-corrected chi connectivity index (χ3v) is 5.85. The third kappa shape index (κ3) is 4.08. The first-order chi connectivity index (χ1) is 17.0. The van der Waals surface area contributed by atoms with Gasteiger partial charge in [0, 0.05) is 29.3 Å². The number of fused-ring (bicyclic) bond motifs is 2. The first kappa shape index (κ1) is 22.2. The molecule has 2 amide bonds. The van der Waals surface area contributed by atoms with Gasteiger partial charge in [0.1, 0.15) is 6.04 Å². The number of aromatic hydroxyl groups is 2. The summed E-state index contributed by atoms with van der Waals surface area (Å²) in [6.45, 7) is 0.175.